The van der Waals surface area contributed by atoms with Crippen LogP contribution in [0.3, 0.4) is 0 Å². The molecule has 12 heavy (non-hydrogen) atoms. The van der Waals surface area contributed by atoms with Crippen molar-refractivity contribution in [1.29, 1.82) is 0 Å². The van der Waals surface area contributed by atoms with Crippen LogP contribution < -0.4 is 10.6 Å². The van der Waals surface area contributed by atoms with Crippen LogP contribution in [0.5, 0.6) is 0 Å². The Balaban J connectivity index is 1.97. The van der Waals surface area contributed by atoms with Gasteiger partial charge in [-0.3, -0.25) is 4.79 Å². The van der Waals surface area contributed by atoms with Gasteiger partial charge in [-0.2, -0.15) is 0 Å². The van der Waals surface area contributed by atoms with Gasteiger partial charge in [-0.25, -0.2) is 0 Å². The first kappa shape index (κ1) is 9.48. The molecule has 1 atom stereocenters. The van der Waals surface area contributed by atoms with E-state index in [-0.39, 0.29) is 12.5 Å². The first-order chi connectivity index (χ1) is 5.83. The first-order valence-electron chi connectivity index (χ1n) is 4.44. The molecular weight excluding hydrogens is 156 g/mol. The van der Waals surface area contributed by atoms with E-state index >= 15 is 0 Å². The summed E-state index contributed by atoms with van der Waals surface area (Å²) < 4.78 is 0. The minimum absolute atomic E-state index is 0.134. The molecule has 0 radical (unpaired) electrons. The van der Waals surface area contributed by atoms with Gasteiger partial charge in [-0.05, 0) is 19.4 Å². The Morgan fingerprint density at radius 3 is 3.00 bits per heavy atom. The minimum Gasteiger partial charge on any atom is -0.396 e. The van der Waals surface area contributed by atoms with Crippen LogP contribution in [-0.4, -0.2) is 36.8 Å². The molecule has 1 rings (SSSR count). The lowest BCUT2D eigenvalue weighted by Crippen LogP contribution is -2.31. The van der Waals surface area contributed by atoms with Gasteiger partial charge in [0.1, 0.15) is 0 Å². The summed E-state index contributed by atoms with van der Waals surface area (Å²) in [5.41, 5.74) is 0. The monoisotopic (exact) mass is 172 g/mol. The number of hydrogen-bond donors (Lipinski definition) is 3. The van der Waals surface area contributed by atoms with Crippen molar-refractivity contribution >= 4 is 5.91 Å². The van der Waals surface area contributed by atoms with Gasteiger partial charge in [0.15, 0.2) is 0 Å². The van der Waals surface area contributed by atoms with Crippen LogP contribution in [0.2, 0.25) is 0 Å². The third-order valence-corrected chi connectivity index (χ3v) is 2.00. The van der Waals surface area contributed by atoms with Gasteiger partial charge in [-0.1, -0.05) is 0 Å². The van der Waals surface area contributed by atoms with Crippen LogP contribution in [0.25, 0.3) is 0 Å². The average Bonchev–Trinajstić information content (AvgIpc) is 2.45. The highest BCUT2D eigenvalue weighted by Gasteiger charge is 2.19. The van der Waals surface area contributed by atoms with Crippen LogP contribution in [0.15, 0.2) is 0 Å². The van der Waals surface area contributed by atoms with Gasteiger partial charge in [0.05, 0.1) is 0 Å². The van der Waals surface area contributed by atoms with Crippen molar-refractivity contribution in [2.45, 2.75) is 25.3 Å². The van der Waals surface area contributed by atoms with Gasteiger partial charge < -0.3 is 15.7 Å². The maximum atomic E-state index is 10.8. The number of aliphatic hydroxyl groups excluding tert-OH is 1. The maximum Gasteiger partial charge on any atom is 0.221 e. The summed E-state index contributed by atoms with van der Waals surface area (Å²) in [6.07, 6.45) is 2.40. The third kappa shape index (κ3) is 3.19. The molecule has 0 saturated carbocycles. The molecule has 4 heteroatoms. The molecular formula is C8H16N2O2. The van der Waals surface area contributed by atoms with E-state index in [2.05, 4.69) is 10.6 Å². The number of hydrogen-bond acceptors (Lipinski definition) is 3. The Bertz CT molecular complexity index is 150. The lowest BCUT2D eigenvalue weighted by Gasteiger charge is -2.08. The molecule has 3 N–H and O–H groups in total. The zero-order valence-electron chi connectivity index (χ0n) is 7.18. The van der Waals surface area contributed by atoms with Crippen LogP contribution in [-0.2, 0) is 4.79 Å². The highest BCUT2D eigenvalue weighted by atomic mass is 16.2. The number of amides is 1. The molecule has 0 bridgehead atoms. The summed E-state index contributed by atoms with van der Waals surface area (Å²) in [5.74, 6) is 0.134. The fraction of sp³-hybridized carbons (Fsp3) is 0.875. The number of nitrogens with one attached hydrogen (secondary N) is 2. The SMILES string of the molecule is O=C1CC(NCCCCO)CN1. The smallest absolute Gasteiger partial charge is 0.221 e. The Kier molecular flexibility index (Phi) is 4.04. The molecule has 1 aliphatic heterocycles. The van der Waals surface area contributed by atoms with Crippen molar-refractivity contribution in [3.8, 4) is 0 Å². The Morgan fingerprint density at radius 1 is 1.58 bits per heavy atom. The van der Waals surface area contributed by atoms with Crippen molar-refractivity contribution in [2.24, 2.45) is 0 Å². The van der Waals surface area contributed by atoms with E-state index in [1.165, 1.54) is 0 Å². The standard InChI is InChI=1S/C8H16N2O2/c11-4-2-1-3-9-7-5-8(12)10-6-7/h7,9,11H,1-6H2,(H,10,12). The highest BCUT2D eigenvalue weighted by Crippen LogP contribution is 1.98. The van der Waals surface area contributed by atoms with Gasteiger partial charge >= 0.3 is 0 Å². The van der Waals surface area contributed by atoms with Gasteiger partial charge in [0.25, 0.3) is 0 Å². The van der Waals surface area contributed by atoms with E-state index in [0.29, 0.717) is 12.5 Å². The first-order valence-corrected chi connectivity index (χ1v) is 4.44. The van der Waals surface area contributed by atoms with Crippen molar-refractivity contribution < 1.29 is 9.90 Å². The molecule has 0 aliphatic carbocycles. The van der Waals surface area contributed by atoms with Gasteiger partial charge in [-0.15, -0.1) is 0 Å². The van der Waals surface area contributed by atoms with E-state index in [1.807, 2.05) is 0 Å². The van der Waals surface area contributed by atoms with Crippen molar-refractivity contribution in [3.05, 3.63) is 0 Å². The highest BCUT2D eigenvalue weighted by molar-refractivity contribution is 5.78. The summed E-state index contributed by atoms with van der Waals surface area (Å²) in [6.45, 7) is 1.89. The lowest BCUT2D eigenvalue weighted by atomic mass is 10.2. The number of unbranched alkanes of at least 4 members (excludes halogenated alkanes) is 1. The van der Waals surface area contributed by atoms with Crippen LogP contribution >= 0.6 is 0 Å². The maximum absolute atomic E-state index is 10.8. The molecule has 1 unspecified atom stereocenters. The number of carbonyl (C=O) groups excluding carboxylic acids is 1. The van der Waals surface area contributed by atoms with E-state index in [4.69, 9.17) is 5.11 Å². The van der Waals surface area contributed by atoms with E-state index in [0.717, 1.165) is 25.9 Å². The summed E-state index contributed by atoms with van der Waals surface area (Å²) in [5, 5.41) is 14.5. The quantitative estimate of drug-likeness (QED) is 0.478. The Labute approximate surface area is 72.3 Å². The normalized spacial score (nSPS) is 22.8. The molecule has 0 spiro atoms. The van der Waals surface area contributed by atoms with Crippen LogP contribution in [0.4, 0.5) is 0 Å². The van der Waals surface area contributed by atoms with Crippen molar-refractivity contribution in [1.82, 2.24) is 10.6 Å². The molecule has 1 aliphatic rings. The molecule has 1 heterocycles. The average molecular weight is 172 g/mol. The number of carbonyl (C=O) groups is 1. The van der Waals surface area contributed by atoms with Gasteiger partial charge in [0, 0.05) is 25.6 Å². The molecule has 1 fully saturated rings. The van der Waals surface area contributed by atoms with Crippen molar-refractivity contribution in [2.75, 3.05) is 19.7 Å². The fourth-order valence-corrected chi connectivity index (χ4v) is 1.29. The fourth-order valence-electron chi connectivity index (χ4n) is 1.29. The zero-order valence-corrected chi connectivity index (χ0v) is 7.18. The van der Waals surface area contributed by atoms with E-state index in [9.17, 15) is 4.79 Å². The molecule has 0 aromatic rings. The van der Waals surface area contributed by atoms with Crippen LogP contribution in [0, 0.1) is 0 Å². The summed E-state index contributed by atoms with van der Waals surface area (Å²) in [4.78, 5) is 10.8. The number of rotatable bonds is 5. The van der Waals surface area contributed by atoms with E-state index < -0.39 is 0 Å². The molecule has 0 aromatic heterocycles. The predicted octanol–water partition coefficient (Wildman–Crippen LogP) is -0.763. The predicted molar refractivity (Wildman–Crippen MR) is 45.7 cm³/mol. The second-order valence-electron chi connectivity index (χ2n) is 3.09. The largest absolute Gasteiger partial charge is 0.396 e. The second-order valence-corrected chi connectivity index (χ2v) is 3.09. The van der Waals surface area contributed by atoms with Gasteiger partial charge in [0.2, 0.25) is 5.91 Å². The topological polar surface area (TPSA) is 61.4 Å². The Morgan fingerprint density at radius 2 is 2.42 bits per heavy atom. The zero-order chi connectivity index (χ0) is 8.81. The molecule has 0 aromatic carbocycles. The van der Waals surface area contributed by atoms with Crippen molar-refractivity contribution in [3.63, 3.8) is 0 Å². The summed E-state index contributed by atoms with van der Waals surface area (Å²) >= 11 is 0. The van der Waals surface area contributed by atoms with Crippen LogP contribution in [0.1, 0.15) is 19.3 Å². The molecule has 70 valence electrons. The Hall–Kier alpha value is -0.610. The second kappa shape index (κ2) is 5.11. The molecule has 1 amide bonds. The molecule has 4 nitrogen and oxygen atoms in total. The molecule has 1 saturated heterocycles. The van der Waals surface area contributed by atoms with E-state index in [1.54, 1.807) is 0 Å². The lowest BCUT2D eigenvalue weighted by molar-refractivity contribution is -0.119. The number of aliphatic hydroxyl groups is 1. The minimum atomic E-state index is 0.134. The summed E-state index contributed by atoms with van der Waals surface area (Å²) in [6, 6.07) is 0.302. The third-order valence-electron chi connectivity index (χ3n) is 2.00. The summed E-state index contributed by atoms with van der Waals surface area (Å²) in [7, 11) is 0.